The number of halogens is 1. The van der Waals surface area contributed by atoms with Crippen molar-refractivity contribution in [2.45, 2.75) is 0 Å². The van der Waals surface area contributed by atoms with Crippen molar-refractivity contribution >= 4 is 23.7 Å². The van der Waals surface area contributed by atoms with Crippen LogP contribution in [0.3, 0.4) is 0 Å². The third-order valence-corrected chi connectivity index (χ3v) is 1.28. The lowest BCUT2D eigenvalue weighted by atomic mass is 11.7. The molecule has 0 aromatic carbocycles. The van der Waals surface area contributed by atoms with Gasteiger partial charge in [-0.15, -0.1) is 0 Å². The van der Waals surface area contributed by atoms with Crippen LogP contribution in [-0.2, 0) is 4.84 Å². The Morgan fingerprint density at radius 3 is 2.33 bits per heavy atom. The highest BCUT2D eigenvalue weighted by molar-refractivity contribution is 7.96. The minimum Gasteiger partial charge on any atom is -0.277 e. The molecule has 0 aromatic heterocycles. The minimum atomic E-state index is 1.14. The molecule has 0 heterocycles. The Bertz CT molecular complexity index is 32.7. The van der Waals surface area contributed by atoms with Crippen LogP contribution in [0.4, 0.5) is 0 Å². The first-order chi connectivity index (χ1) is 2.81. The van der Waals surface area contributed by atoms with E-state index in [1.54, 1.807) is 0 Å². The largest absolute Gasteiger partial charge is 0.277 e. The van der Waals surface area contributed by atoms with E-state index in [2.05, 4.69) is 4.84 Å². The second kappa shape index (κ2) is 3.74. The summed E-state index contributed by atoms with van der Waals surface area (Å²) in [6.07, 6.45) is 1.82. The second-order valence-electron chi connectivity index (χ2n) is 0.578. The molecule has 0 N–H and O–H groups in total. The van der Waals surface area contributed by atoms with Crippen LogP contribution in [-0.4, -0.2) is 17.4 Å². The molecule has 0 rings (SSSR count). The average molecular weight is 128 g/mol. The normalized spacial score (nSPS) is 10.0. The molecule has 0 atom stereocenters. The number of rotatable bonds is 2. The van der Waals surface area contributed by atoms with E-state index in [9.17, 15) is 0 Å². The molecule has 2 nitrogen and oxygen atoms in total. The van der Waals surface area contributed by atoms with Gasteiger partial charge in [-0.25, -0.2) is 0 Å². The fourth-order valence-corrected chi connectivity index (χ4v) is 0.224. The molecule has 0 radical (unpaired) electrons. The highest BCUT2D eigenvalue weighted by atomic mass is 35.5. The van der Waals surface area contributed by atoms with Gasteiger partial charge in [-0.05, 0) is 15.9 Å². The summed E-state index contributed by atoms with van der Waals surface area (Å²) in [5, 5.41) is 0. The van der Waals surface area contributed by atoms with Crippen LogP contribution >= 0.6 is 23.7 Å². The van der Waals surface area contributed by atoms with Crippen LogP contribution in [0.2, 0.25) is 0 Å². The van der Waals surface area contributed by atoms with Gasteiger partial charge in [0.1, 0.15) is 0 Å². The van der Waals surface area contributed by atoms with E-state index >= 15 is 0 Å². The van der Waals surface area contributed by atoms with Crippen molar-refractivity contribution in [1.29, 1.82) is 0 Å². The highest BCUT2D eigenvalue weighted by Crippen LogP contribution is 2.05. The van der Waals surface area contributed by atoms with Gasteiger partial charge in [0.15, 0.2) is 0 Å². The molecule has 0 bridgehead atoms. The Labute approximate surface area is 46.6 Å². The third kappa shape index (κ3) is 2.78. The van der Waals surface area contributed by atoms with Crippen LogP contribution in [0.15, 0.2) is 0 Å². The van der Waals surface area contributed by atoms with Gasteiger partial charge in [0, 0.05) is 18.0 Å². The topological polar surface area (TPSA) is 12.5 Å². The fourth-order valence-electron chi connectivity index (χ4n) is 0.0745. The SMILES string of the molecule is CON(Cl)SC. The third-order valence-electron chi connectivity index (χ3n) is 0.287. The number of hydrogen-bond acceptors (Lipinski definition) is 3. The van der Waals surface area contributed by atoms with Crippen molar-refractivity contribution in [3.05, 3.63) is 0 Å². The predicted molar refractivity (Wildman–Crippen MR) is 28.2 cm³/mol. The lowest BCUT2D eigenvalue weighted by Crippen LogP contribution is -1.95. The van der Waals surface area contributed by atoms with Crippen LogP contribution in [0.25, 0.3) is 0 Å². The first-order valence-electron chi connectivity index (χ1n) is 1.35. The minimum absolute atomic E-state index is 1.14. The molecule has 0 saturated carbocycles. The monoisotopic (exact) mass is 127 g/mol. The molecule has 4 heteroatoms. The van der Waals surface area contributed by atoms with Crippen molar-refractivity contribution in [3.63, 3.8) is 0 Å². The standard InChI is InChI=1S/C2H6ClNOS/c1-5-4(3)6-2/h1-2H3. The van der Waals surface area contributed by atoms with Gasteiger partial charge < -0.3 is 0 Å². The molecule has 0 saturated heterocycles. The van der Waals surface area contributed by atoms with Crippen molar-refractivity contribution in [3.8, 4) is 0 Å². The summed E-state index contributed by atoms with van der Waals surface area (Å²) >= 11 is 6.53. The van der Waals surface area contributed by atoms with E-state index in [0.717, 1.165) is 3.99 Å². The average Bonchev–Trinajstić information content (AvgIpc) is 1.65. The highest BCUT2D eigenvalue weighted by Gasteiger charge is 1.87. The summed E-state index contributed by atoms with van der Waals surface area (Å²) in [5.74, 6) is 0. The van der Waals surface area contributed by atoms with Gasteiger partial charge in [-0.2, -0.15) is 0 Å². The molecule has 38 valence electrons. The first kappa shape index (κ1) is 6.56. The summed E-state index contributed by atoms with van der Waals surface area (Å²) in [5.41, 5.74) is 0. The van der Waals surface area contributed by atoms with E-state index in [0.29, 0.717) is 0 Å². The Kier molecular flexibility index (Phi) is 4.09. The van der Waals surface area contributed by atoms with E-state index in [1.807, 2.05) is 6.26 Å². The molecule has 0 aliphatic rings. The maximum atomic E-state index is 5.22. The van der Waals surface area contributed by atoms with Crippen LogP contribution in [0, 0.1) is 0 Å². The zero-order chi connectivity index (χ0) is 4.99. The van der Waals surface area contributed by atoms with Crippen molar-refractivity contribution < 1.29 is 4.84 Å². The van der Waals surface area contributed by atoms with Crippen LogP contribution in [0.5, 0.6) is 0 Å². The lowest BCUT2D eigenvalue weighted by Gasteiger charge is -2.01. The molecule has 0 fully saturated rings. The molecule has 0 aromatic rings. The molecular weight excluding hydrogens is 122 g/mol. The van der Waals surface area contributed by atoms with E-state index < -0.39 is 0 Å². The van der Waals surface area contributed by atoms with Crippen LogP contribution < -0.4 is 0 Å². The molecular formula is C2H6ClNOS. The molecule has 0 amide bonds. The van der Waals surface area contributed by atoms with Crippen LogP contribution in [0.1, 0.15) is 0 Å². The Balaban J connectivity index is 2.75. The zero-order valence-electron chi connectivity index (χ0n) is 3.64. The number of nitrogens with zero attached hydrogens (tertiary/aromatic N) is 1. The Hall–Kier alpha value is 0.560. The summed E-state index contributed by atoms with van der Waals surface area (Å²) < 4.78 is 1.14. The Morgan fingerprint density at radius 1 is 1.83 bits per heavy atom. The molecule has 0 aliphatic carbocycles. The quantitative estimate of drug-likeness (QED) is 0.315. The number of hydrogen-bond donors (Lipinski definition) is 0. The van der Waals surface area contributed by atoms with E-state index in [-0.39, 0.29) is 0 Å². The second-order valence-corrected chi connectivity index (χ2v) is 1.78. The molecule has 0 unspecified atom stereocenters. The van der Waals surface area contributed by atoms with Gasteiger partial charge >= 0.3 is 0 Å². The summed E-state index contributed by atoms with van der Waals surface area (Å²) in [6, 6.07) is 0. The zero-order valence-corrected chi connectivity index (χ0v) is 5.21. The smallest absolute Gasteiger partial charge is 0.0601 e. The fraction of sp³-hybridized carbons (Fsp3) is 1.00. The lowest BCUT2D eigenvalue weighted by molar-refractivity contribution is 0.0431. The van der Waals surface area contributed by atoms with E-state index in [4.69, 9.17) is 11.8 Å². The summed E-state index contributed by atoms with van der Waals surface area (Å²) in [6.45, 7) is 0. The van der Waals surface area contributed by atoms with Gasteiger partial charge in [0.25, 0.3) is 0 Å². The van der Waals surface area contributed by atoms with Crippen molar-refractivity contribution in [2.24, 2.45) is 0 Å². The van der Waals surface area contributed by atoms with Gasteiger partial charge in [-0.1, -0.05) is 0 Å². The Morgan fingerprint density at radius 2 is 2.33 bits per heavy atom. The van der Waals surface area contributed by atoms with Gasteiger partial charge in [0.2, 0.25) is 0 Å². The summed E-state index contributed by atoms with van der Waals surface area (Å²) in [7, 11) is 1.50. The predicted octanol–water partition coefficient (Wildman–Crippen LogP) is 1.28. The summed E-state index contributed by atoms with van der Waals surface area (Å²) in [4.78, 5) is 4.46. The van der Waals surface area contributed by atoms with Crippen molar-refractivity contribution in [1.82, 2.24) is 3.99 Å². The molecule has 0 spiro atoms. The van der Waals surface area contributed by atoms with Crippen molar-refractivity contribution in [2.75, 3.05) is 13.4 Å². The maximum Gasteiger partial charge on any atom is 0.0601 e. The molecule has 6 heavy (non-hydrogen) atoms. The molecule has 0 aliphatic heterocycles. The first-order valence-corrected chi connectivity index (χ1v) is 2.87. The van der Waals surface area contributed by atoms with Gasteiger partial charge in [0.05, 0.1) is 7.11 Å². The maximum absolute atomic E-state index is 5.22. The van der Waals surface area contributed by atoms with E-state index in [1.165, 1.54) is 19.1 Å². The van der Waals surface area contributed by atoms with Gasteiger partial charge in [-0.3, -0.25) is 4.84 Å².